The number of aryl methyl sites for hydroxylation is 1. The van der Waals surface area contributed by atoms with E-state index in [9.17, 15) is 21.6 Å². The first-order chi connectivity index (χ1) is 14.9. The standard InChI is InChI=1S/C21H24F3N5O2S/c1-5-32(30,31)20-17(27-18(29(20)4)13-8-6-12(2)7-9-13)19-26-14-10-16(21(22,23)24)25-11-15(14)28(19)3/h8,10-12H,5-7,9H2,1-4H3. The molecule has 0 aromatic carbocycles. The lowest BCUT2D eigenvalue weighted by atomic mass is 9.91. The molecule has 4 rings (SSSR count). The first-order valence-electron chi connectivity index (χ1n) is 10.3. The monoisotopic (exact) mass is 467 g/mol. The highest BCUT2D eigenvalue weighted by Crippen LogP contribution is 2.36. The van der Waals surface area contributed by atoms with Crippen LogP contribution in [0.25, 0.3) is 28.1 Å². The van der Waals surface area contributed by atoms with Crippen molar-refractivity contribution >= 4 is 26.4 Å². The summed E-state index contributed by atoms with van der Waals surface area (Å²) in [7, 11) is -0.437. The van der Waals surface area contributed by atoms with Gasteiger partial charge < -0.3 is 9.13 Å². The molecule has 1 aliphatic rings. The highest BCUT2D eigenvalue weighted by molar-refractivity contribution is 7.91. The second-order valence-electron chi connectivity index (χ2n) is 8.21. The molecule has 0 aliphatic heterocycles. The van der Waals surface area contributed by atoms with E-state index in [1.54, 1.807) is 25.6 Å². The molecule has 3 aromatic rings. The van der Waals surface area contributed by atoms with Gasteiger partial charge >= 0.3 is 6.18 Å². The van der Waals surface area contributed by atoms with Crippen molar-refractivity contribution in [1.82, 2.24) is 24.1 Å². The Hall–Kier alpha value is -2.69. The normalized spacial score (nSPS) is 17.7. The van der Waals surface area contributed by atoms with Crippen LogP contribution in [0, 0.1) is 5.92 Å². The van der Waals surface area contributed by atoms with Crippen LogP contribution in [0.1, 0.15) is 44.6 Å². The number of aromatic nitrogens is 5. The average Bonchev–Trinajstić information content (AvgIpc) is 3.25. The minimum Gasteiger partial charge on any atom is -0.324 e. The Morgan fingerprint density at radius 1 is 1.16 bits per heavy atom. The van der Waals surface area contributed by atoms with Crippen LogP contribution in [0.4, 0.5) is 13.2 Å². The van der Waals surface area contributed by atoms with Crippen molar-refractivity contribution in [2.75, 3.05) is 5.75 Å². The molecule has 7 nitrogen and oxygen atoms in total. The molecule has 0 amide bonds. The van der Waals surface area contributed by atoms with Crippen LogP contribution in [0.2, 0.25) is 0 Å². The summed E-state index contributed by atoms with van der Waals surface area (Å²) < 4.78 is 68.4. The Morgan fingerprint density at radius 2 is 1.88 bits per heavy atom. The summed E-state index contributed by atoms with van der Waals surface area (Å²) in [4.78, 5) is 12.5. The predicted molar refractivity (Wildman–Crippen MR) is 114 cm³/mol. The van der Waals surface area contributed by atoms with Gasteiger partial charge in [0, 0.05) is 14.1 Å². The first kappa shape index (κ1) is 22.5. The number of hydrogen-bond acceptors (Lipinski definition) is 5. The van der Waals surface area contributed by atoms with E-state index in [-0.39, 0.29) is 27.8 Å². The van der Waals surface area contributed by atoms with Gasteiger partial charge in [-0.05, 0) is 36.8 Å². The molecule has 11 heteroatoms. The summed E-state index contributed by atoms with van der Waals surface area (Å²) in [6.45, 7) is 3.70. The van der Waals surface area contributed by atoms with Crippen LogP contribution < -0.4 is 0 Å². The number of rotatable bonds is 4. The van der Waals surface area contributed by atoms with Crippen LogP contribution in [0.5, 0.6) is 0 Å². The number of imidazole rings is 2. The van der Waals surface area contributed by atoms with Crippen molar-refractivity contribution in [3.63, 3.8) is 0 Å². The Kier molecular flexibility index (Phi) is 5.43. The van der Waals surface area contributed by atoms with Crippen LogP contribution in [-0.4, -0.2) is 38.3 Å². The third-order valence-electron chi connectivity index (χ3n) is 5.95. The smallest absolute Gasteiger partial charge is 0.324 e. The second-order valence-corrected chi connectivity index (χ2v) is 10.4. The summed E-state index contributed by atoms with van der Waals surface area (Å²) in [6.07, 6.45) is 1.20. The first-order valence-corrected chi connectivity index (χ1v) is 12.0. The fourth-order valence-corrected chi connectivity index (χ4v) is 5.24. The van der Waals surface area contributed by atoms with Gasteiger partial charge in [-0.1, -0.05) is 19.9 Å². The zero-order valence-corrected chi connectivity index (χ0v) is 19.0. The van der Waals surface area contributed by atoms with Gasteiger partial charge in [-0.25, -0.2) is 23.4 Å². The summed E-state index contributed by atoms with van der Waals surface area (Å²) in [5.74, 6) is 1.13. The molecule has 1 aliphatic carbocycles. The molecule has 32 heavy (non-hydrogen) atoms. The molecule has 1 atom stereocenters. The van der Waals surface area contributed by atoms with Gasteiger partial charge in [0.05, 0.1) is 23.0 Å². The van der Waals surface area contributed by atoms with E-state index >= 15 is 0 Å². The quantitative estimate of drug-likeness (QED) is 0.569. The second kappa shape index (κ2) is 7.72. The number of halogens is 3. The molecule has 0 saturated carbocycles. The maximum Gasteiger partial charge on any atom is 0.433 e. The molecule has 0 radical (unpaired) electrons. The van der Waals surface area contributed by atoms with E-state index in [4.69, 9.17) is 0 Å². The number of sulfone groups is 1. The minimum atomic E-state index is -4.61. The average molecular weight is 468 g/mol. The Balaban J connectivity index is 1.96. The van der Waals surface area contributed by atoms with E-state index < -0.39 is 21.7 Å². The number of alkyl halides is 3. The highest BCUT2D eigenvalue weighted by atomic mass is 32.2. The number of allylic oxidation sites excluding steroid dienone is 2. The lowest BCUT2D eigenvalue weighted by Gasteiger charge is -2.18. The van der Waals surface area contributed by atoms with Gasteiger partial charge in [0.15, 0.2) is 20.7 Å². The molecule has 3 aromatic heterocycles. The summed E-state index contributed by atoms with van der Waals surface area (Å²) in [6, 6.07) is 0.863. The van der Waals surface area contributed by atoms with Crippen molar-refractivity contribution in [2.24, 2.45) is 20.0 Å². The molecule has 1 unspecified atom stereocenters. The van der Waals surface area contributed by atoms with Gasteiger partial charge in [-0.3, -0.25) is 0 Å². The van der Waals surface area contributed by atoms with Gasteiger partial charge in [-0.15, -0.1) is 0 Å². The highest BCUT2D eigenvalue weighted by Gasteiger charge is 2.34. The molecular formula is C21H24F3N5O2S. The minimum absolute atomic E-state index is 0.0110. The van der Waals surface area contributed by atoms with E-state index in [0.29, 0.717) is 17.3 Å². The third kappa shape index (κ3) is 3.72. The third-order valence-corrected chi connectivity index (χ3v) is 7.76. The fourth-order valence-electron chi connectivity index (χ4n) is 4.03. The van der Waals surface area contributed by atoms with E-state index in [0.717, 1.165) is 37.1 Å². The Bertz CT molecular complexity index is 1340. The van der Waals surface area contributed by atoms with Crippen LogP contribution in [-0.2, 0) is 30.1 Å². The SMILES string of the molecule is CCS(=O)(=O)c1c(-c2nc3cc(C(F)(F)F)ncc3n2C)nc(C2=CCC(C)CC2)n1C. The predicted octanol–water partition coefficient (Wildman–Crippen LogP) is 4.38. The van der Waals surface area contributed by atoms with Crippen LogP contribution >= 0.6 is 0 Å². The fraction of sp³-hybridized carbons (Fsp3) is 0.476. The molecule has 0 bridgehead atoms. The number of hydrogen-bond donors (Lipinski definition) is 0. The van der Waals surface area contributed by atoms with E-state index in [2.05, 4.69) is 28.0 Å². The van der Waals surface area contributed by atoms with Crippen molar-refractivity contribution in [3.8, 4) is 11.5 Å². The maximum atomic E-state index is 13.1. The molecular weight excluding hydrogens is 443 g/mol. The van der Waals surface area contributed by atoms with Crippen molar-refractivity contribution in [3.05, 3.63) is 29.9 Å². The van der Waals surface area contributed by atoms with E-state index in [1.165, 1.54) is 4.57 Å². The largest absolute Gasteiger partial charge is 0.433 e. The Labute approximate surface area is 183 Å². The molecule has 0 N–H and O–H groups in total. The Morgan fingerprint density at radius 3 is 2.47 bits per heavy atom. The van der Waals surface area contributed by atoms with E-state index in [1.807, 2.05) is 0 Å². The molecule has 3 heterocycles. The van der Waals surface area contributed by atoms with Crippen LogP contribution in [0.3, 0.4) is 0 Å². The van der Waals surface area contributed by atoms with Crippen molar-refractivity contribution in [2.45, 2.75) is 44.3 Å². The topological polar surface area (TPSA) is 82.7 Å². The van der Waals surface area contributed by atoms with Gasteiger partial charge in [0.2, 0.25) is 0 Å². The van der Waals surface area contributed by atoms with Gasteiger partial charge in [0.1, 0.15) is 17.2 Å². The van der Waals surface area contributed by atoms with Crippen LogP contribution in [0.15, 0.2) is 23.4 Å². The molecule has 0 spiro atoms. The molecule has 0 fully saturated rings. The van der Waals surface area contributed by atoms with Gasteiger partial charge in [-0.2, -0.15) is 13.2 Å². The zero-order chi connectivity index (χ0) is 23.4. The summed E-state index contributed by atoms with van der Waals surface area (Å²) >= 11 is 0. The number of nitrogens with zero attached hydrogens (tertiary/aromatic N) is 5. The zero-order valence-electron chi connectivity index (χ0n) is 18.2. The summed E-state index contributed by atoms with van der Waals surface area (Å²) in [5.41, 5.74) is 0.466. The summed E-state index contributed by atoms with van der Waals surface area (Å²) in [5, 5.41) is 0.0110. The lowest BCUT2D eigenvalue weighted by Crippen LogP contribution is -2.12. The molecule has 0 saturated heterocycles. The lowest BCUT2D eigenvalue weighted by molar-refractivity contribution is -0.141. The van der Waals surface area contributed by atoms with Gasteiger partial charge in [0.25, 0.3) is 0 Å². The van der Waals surface area contributed by atoms with Crippen molar-refractivity contribution < 1.29 is 21.6 Å². The maximum absolute atomic E-state index is 13.1. The molecule has 172 valence electrons. The number of fused-ring (bicyclic) bond motifs is 1. The van der Waals surface area contributed by atoms with Crippen molar-refractivity contribution in [1.29, 1.82) is 0 Å². The number of pyridine rings is 1.